The summed E-state index contributed by atoms with van der Waals surface area (Å²) in [4.78, 5) is 11.8. The molecule has 1 aliphatic heterocycles. The minimum atomic E-state index is 0.127. The summed E-state index contributed by atoms with van der Waals surface area (Å²) in [6.07, 6.45) is 0.755. The van der Waals surface area contributed by atoms with Crippen molar-refractivity contribution in [2.24, 2.45) is 0 Å². The summed E-state index contributed by atoms with van der Waals surface area (Å²) >= 11 is 0. The Morgan fingerprint density at radius 2 is 1.93 bits per heavy atom. The van der Waals surface area contributed by atoms with Crippen molar-refractivity contribution in [2.75, 3.05) is 25.9 Å². The molecule has 2 N–H and O–H groups in total. The van der Waals surface area contributed by atoms with Crippen LogP contribution in [0.25, 0.3) is 16.6 Å². The number of nitrogens with zero attached hydrogens (tertiary/aromatic N) is 5. The first kappa shape index (κ1) is 18.8. The van der Waals surface area contributed by atoms with Crippen LogP contribution in [0.2, 0.25) is 0 Å². The number of rotatable bonds is 4. The fraction of sp³-hybridized carbons (Fsp3) is 0.348. The van der Waals surface area contributed by atoms with Gasteiger partial charge in [-0.3, -0.25) is 4.90 Å². The molecule has 5 rings (SSSR count). The number of nitrogen functional groups attached to an aromatic ring is 1. The van der Waals surface area contributed by atoms with Crippen LogP contribution in [0.3, 0.4) is 0 Å². The molecule has 0 amide bonds. The zero-order chi connectivity index (χ0) is 20.9. The van der Waals surface area contributed by atoms with E-state index in [1.54, 1.807) is 11.6 Å². The molecule has 3 heterocycles. The summed E-state index contributed by atoms with van der Waals surface area (Å²) in [5, 5.41) is 5.52. The zero-order valence-corrected chi connectivity index (χ0v) is 17.6. The highest BCUT2D eigenvalue weighted by molar-refractivity contribution is 5.95. The van der Waals surface area contributed by atoms with Crippen LogP contribution in [0.5, 0.6) is 5.75 Å². The average molecular weight is 403 g/mol. The predicted octanol–water partition coefficient (Wildman–Crippen LogP) is 3.20. The molecule has 1 aliphatic rings. The van der Waals surface area contributed by atoms with Crippen molar-refractivity contribution >= 4 is 22.5 Å². The van der Waals surface area contributed by atoms with E-state index in [0.717, 1.165) is 42.9 Å². The van der Waals surface area contributed by atoms with Crippen molar-refractivity contribution in [3.05, 3.63) is 59.4 Å². The molecule has 154 valence electrons. The molecule has 0 radical (unpaired) electrons. The summed E-state index contributed by atoms with van der Waals surface area (Å²) in [7, 11) is 1.63. The van der Waals surface area contributed by atoms with E-state index in [1.165, 1.54) is 11.1 Å². The molecular weight excluding hydrogens is 376 g/mol. The predicted molar refractivity (Wildman–Crippen MR) is 118 cm³/mol. The Morgan fingerprint density at radius 1 is 1.10 bits per heavy atom. The van der Waals surface area contributed by atoms with Gasteiger partial charge in [0.2, 0.25) is 5.95 Å². The van der Waals surface area contributed by atoms with E-state index in [2.05, 4.69) is 53.1 Å². The molecule has 0 fully saturated rings. The number of nitrogens with two attached hydrogens (primary N) is 1. The topological polar surface area (TPSA) is 81.6 Å². The number of ether oxygens (including phenoxy) is 1. The molecule has 7 nitrogen and oxygen atoms in total. The van der Waals surface area contributed by atoms with Gasteiger partial charge in [0.05, 0.1) is 7.11 Å². The van der Waals surface area contributed by atoms with Crippen molar-refractivity contribution in [2.45, 2.75) is 32.2 Å². The normalized spacial score (nSPS) is 16.1. The Bertz CT molecular complexity index is 1250. The molecule has 7 heteroatoms. The Kier molecular flexibility index (Phi) is 4.36. The number of hydrogen-bond donors (Lipinski definition) is 1. The Morgan fingerprint density at radius 3 is 2.77 bits per heavy atom. The van der Waals surface area contributed by atoms with E-state index in [-0.39, 0.29) is 5.41 Å². The second-order valence-electron chi connectivity index (χ2n) is 8.59. The molecule has 0 bridgehead atoms. The molecule has 0 spiro atoms. The SMILES string of the molecule is COc1cccc2c1nc(N)n1nc(CCN3Cc4ccccc4C(C)(C)C3)nc21. The van der Waals surface area contributed by atoms with Crippen molar-refractivity contribution in [3.8, 4) is 5.75 Å². The highest BCUT2D eigenvalue weighted by Crippen LogP contribution is 2.33. The lowest BCUT2D eigenvalue weighted by Gasteiger charge is -2.39. The summed E-state index contributed by atoms with van der Waals surface area (Å²) < 4.78 is 7.06. The summed E-state index contributed by atoms with van der Waals surface area (Å²) in [5.74, 6) is 1.77. The largest absolute Gasteiger partial charge is 0.494 e. The Balaban J connectivity index is 1.43. The van der Waals surface area contributed by atoms with Gasteiger partial charge >= 0.3 is 0 Å². The molecule has 0 aliphatic carbocycles. The van der Waals surface area contributed by atoms with Crippen LogP contribution >= 0.6 is 0 Å². The summed E-state index contributed by atoms with van der Waals surface area (Å²) in [6, 6.07) is 14.5. The number of anilines is 1. The number of methoxy groups -OCH3 is 1. The van der Waals surface area contributed by atoms with E-state index in [1.807, 2.05) is 18.2 Å². The molecule has 2 aromatic heterocycles. The van der Waals surface area contributed by atoms with Crippen LogP contribution in [0.1, 0.15) is 30.8 Å². The molecule has 2 aromatic carbocycles. The second-order valence-corrected chi connectivity index (χ2v) is 8.59. The monoisotopic (exact) mass is 402 g/mol. The van der Waals surface area contributed by atoms with Crippen LogP contribution in [0.15, 0.2) is 42.5 Å². The molecule has 0 saturated heterocycles. The van der Waals surface area contributed by atoms with Crippen molar-refractivity contribution in [1.82, 2.24) is 24.5 Å². The van der Waals surface area contributed by atoms with E-state index >= 15 is 0 Å². The van der Waals surface area contributed by atoms with Gasteiger partial charge in [-0.15, -0.1) is 5.10 Å². The fourth-order valence-electron chi connectivity index (χ4n) is 4.62. The van der Waals surface area contributed by atoms with Gasteiger partial charge in [-0.25, -0.2) is 9.97 Å². The number of hydrogen-bond acceptors (Lipinski definition) is 6. The van der Waals surface area contributed by atoms with Crippen LogP contribution in [-0.2, 0) is 18.4 Å². The number of benzene rings is 2. The van der Waals surface area contributed by atoms with Crippen LogP contribution in [-0.4, -0.2) is 44.7 Å². The van der Waals surface area contributed by atoms with Crippen LogP contribution < -0.4 is 10.5 Å². The third-order valence-corrected chi connectivity index (χ3v) is 5.97. The number of para-hydroxylation sites is 1. The Hall–Kier alpha value is -3.19. The van der Waals surface area contributed by atoms with E-state index in [4.69, 9.17) is 15.5 Å². The van der Waals surface area contributed by atoms with Crippen LogP contribution in [0, 0.1) is 0 Å². The minimum Gasteiger partial charge on any atom is -0.494 e. The van der Waals surface area contributed by atoms with Crippen molar-refractivity contribution in [1.29, 1.82) is 0 Å². The molecular formula is C23H26N6O. The maximum Gasteiger partial charge on any atom is 0.223 e. The third-order valence-electron chi connectivity index (χ3n) is 5.97. The first-order chi connectivity index (χ1) is 14.5. The average Bonchev–Trinajstić information content (AvgIpc) is 3.17. The first-order valence-electron chi connectivity index (χ1n) is 10.2. The lowest BCUT2D eigenvalue weighted by molar-refractivity contribution is 0.195. The summed E-state index contributed by atoms with van der Waals surface area (Å²) in [6.45, 7) is 7.49. The molecule has 30 heavy (non-hydrogen) atoms. The fourth-order valence-corrected chi connectivity index (χ4v) is 4.62. The summed E-state index contributed by atoms with van der Waals surface area (Å²) in [5.41, 5.74) is 10.6. The van der Waals surface area contributed by atoms with Crippen molar-refractivity contribution in [3.63, 3.8) is 0 Å². The lowest BCUT2D eigenvalue weighted by Crippen LogP contribution is -2.42. The van der Waals surface area contributed by atoms with Gasteiger partial charge in [0.15, 0.2) is 11.5 Å². The van der Waals surface area contributed by atoms with Gasteiger partial charge in [0.1, 0.15) is 11.3 Å². The van der Waals surface area contributed by atoms with Crippen LogP contribution in [0.4, 0.5) is 5.95 Å². The highest BCUT2D eigenvalue weighted by Gasteiger charge is 2.31. The Labute approximate surface area is 175 Å². The molecule has 0 saturated carbocycles. The van der Waals surface area contributed by atoms with Gasteiger partial charge in [0, 0.05) is 36.9 Å². The second kappa shape index (κ2) is 6.95. The van der Waals surface area contributed by atoms with E-state index in [9.17, 15) is 0 Å². The lowest BCUT2D eigenvalue weighted by atomic mass is 9.78. The minimum absolute atomic E-state index is 0.127. The van der Waals surface area contributed by atoms with Gasteiger partial charge < -0.3 is 10.5 Å². The smallest absolute Gasteiger partial charge is 0.223 e. The molecule has 0 unspecified atom stereocenters. The maximum atomic E-state index is 6.17. The number of aromatic nitrogens is 4. The van der Waals surface area contributed by atoms with Gasteiger partial charge in [0.25, 0.3) is 0 Å². The van der Waals surface area contributed by atoms with E-state index in [0.29, 0.717) is 17.2 Å². The van der Waals surface area contributed by atoms with Crippen molar-refractivity contribution < 1.29 is 4.74 Å². The highest BCUT2D eigenvalue weighted by atomic mass is 16.5. The number of fused-ring (bicyclic) bond motifs is 4. The maximum absolute atomic E-state index is 6.17. The molecule has 0 atom stereocenters. The van der Waals surface area contributed by atoms with E-state index < -0.39 is 0 Å². The zero-order valence-electron chi connectivity index (χ0n) is 17.6. The standard InChI is InChI=1S/C23H26N6O/c1-23(2)14-28(13-15-7-4-5-9-17(15)23)12-11-19-25-21-16-8-6-10-18(30-3)20(16)26-22(24)29(21)27-19/h4-10H,11-14H2,1-3H3,(H2,24,26). The third kappa shape index (κ3) is 3.06. The molecule has 4 aromatic rings. The quantitative estimate of drug-likeness (QED) is 0.565. The van der Waals surface area contributed by atoms with Gasteiger partial charge in [-0.2, -0.15) is 4.52 Å². The van der Waals surface area contributed by atoms with Gasteiger partial charge in [-0.1, -0.05) is 44.2 Å². The van der Waals surface area contributed by atoms with Gasteiger partial charge in [-0.05, 0) is 23.3 Å². The first-order valence-corrected chi connectivity index (χ1v) is 10.2.